The second-order valence-electron chi connectivity index (χ2n) is 8.63. The van der Waals surface area contributed by atoms with Crippen molar-refractivity contribution in [3.05, 3.63) is 92.9 Å². The lowest BCUT2D eigenvalue weighted by Crippen LogP contribution is -2.43. The van der Waals surface area contributed by atoms with E-state index in [9.17, 15) is 9.59 Å². The predicted octanol–water partition coefficient (Wildman–Crippen LogP) is 3.14. The Balaban J connectivity index is 1.43. The summed E-state index contributed by atoms with van der Waals surface area (Å²) in [6.07, 6.45) is 0.812. The summed E-state index contributed by atoms with van der Waals surface area (Å²) in [5.41, 5.74) is 5.41. The summed E-state index contributed by atoms with van der Waals surface area (Å²) in [6, 6.07) is 16.4. The van der Waals surface area contributed by atoms with Crippen LogP contribution in [-0.2, 0) is 22.5 Å². The molecule has 33 heavy (non-hydrogen) atoms. The minimum Gasteiger partial charge on any atom is -0.368 e. The number of aromatic nitrogens is 3. The van der Waals surface area contributed by atoms with Crippen LogP contribution >= 0.6 is 0 Å². The first kappa shape index (κ1) is 22.9. The van der Waals surface area contributed by atoms with Gasteiger partial charge in [-0.05, 0) is 56.5 Å². The highest BCUT2D eigenvalue weighted by molar-refractivity contribution is 5.76. The van der Waals surface area contributed by atoms with Gasteiger partial charge in [0.05, 0.1) is 18.8 Å². The van der Waals surface area contributed by atoms with Gasteiger partial charge in [0.2, 0.25) is 5.91 Å². The van der Waals surface area contributed by atoms with Crippen LogP contribution in [0.1, 0.15) is 46.4 Å². The van der Waals surface area contributed by atoms with Gasteiger partial charge in [-0.15, -0.1) is 0 Å². The molecule has 2 aromatic heterocycles. The maximum absolute atomic E-state index is 12.9. The van der Waals surface area contributed by atoms with E-state index in [1.165, 1.54) is 11.1 Å². The predicted molar refractivity (Wildman–Crippen MR) is 126 cm³/mol. The highest BCUT2D eigenvalue weighted by Crippen LogP contribution is 2.24. The van der Waals surface area contributed by atoms with Crippen LogP contribution in [0.3, 0.4) is 0 Å². The lowest BCUT2D eigenvalue weighted by Gasteiger charge is -2.33. The smallest absolute Gasteiger partial charge is 0.347 e. The number of pyridine rings is 1. The number of hydrogen-bond acceptors (Lipinski definition) is 5. The Hall–Kier alpha value is -3.32. The van der Waals surface area contributed by atoms with Crippen molar-refractivity contribution >= 4 is 5.91 Å². The molecular weight excluding hydrogens is 416 g/mol. The molecule has 1 aliphatic heterocycles. The molecule has 1 aromatic carbocycles. The van der Waals surface area contributed by atoms with Crippen LogP contribution in [0.25, 0.3) is 0 Å². The highest BCUT2D eigenvalue weighted by Gasteiger charge is 2.26. The number of morpholine rings is 1. The largest absolute Gasteiger partial charge is 0.368 e. The maximum Gasteiger partial charge on any atom is 0.347 e. The Kier molecular flexibility index (Phi) is 6.99. The summed E-state index contributed by atoms with van der Waals surface area (Å²) in [6.45, 7) is 7.43. The first-order valence-corrected chi connectivity index (χ1v) is 11.3. The van der Waals surface area contributed by atoms with Crippen molar-refractivity contribution in [2.24, 2.45) is 0 Å². The molecule has 4 rings (SSSR count). The Labute approximate surface area is 194 Å². The molecule has 1 fully saturated rings. The molecule has 0 unspecified atom stereocenters. The summed E-state index contributed by atoms with van der Waals surface area (Å²) in [4.78, 5) is 35.6. The third kappa shape index (κ3) is 5.73. The van der Waals surface area contributed by atoms with Crippen molar-refractivity contribution < 1.29 is 9.53 Å². The van der Waals surface area contributed by atoms with Gasteiger partial charge in [0.15, 0.2) is 0 Å². The van der Waals surface area contributed by atoms with Crippen LogP contribution in [0.5, 0.6) is 0 Å². The van der Waals surface area contributed by atoms with Gasteiger partial charge in [-0.25, -0.2) is 4.79 Å². The molecule has 1 amide bonds. The van der Waals surface area contributed by atoms with E-state index in [0.717, 1.165) is 23.5 Å². The second kappa shape index (κ2) is 10.1. The van der Waals surface area contributed by atoms with Gasteiger partial charge in [-0.1, -0.05) is 30.3 Å². The number of nitrogens with zero attached hydrogens (tertiary/aromatic N) is 4. The molecule has 0 spiro atoms. The molecule has 0 bridgehead atoms. The van der Waals surface area contributed by atoms with Crippen molar-refractivity contribution in [2.75, 3.05) is 19.7 Å². The third-order valence-electron chi connectivity index (χ3n) is 5.93. The fraction of sp³-hybridized carbons (Fsp3) is 0.385. The van der Waals surface area contributed by atoms with Crippen molar-refractivity contribution in [1.29, 1.82) is 0 Å². The average molecular weight is 447 g/mol. The molecule has 3 heterocycles. The average Bonchev–Trinajstić information content (AvgIpc) is 2.78. The Bertz CT molecular complexity index is 1190. The zero-order valence-electron chi connectivity index (χ0n) is 19.5. The minimum absolute atomic E-state index is 0.00679. The van der Waals surface area contributed by atoms with Crippen LogP contribution in [0.2, 0.25) is 0 Å². The first-order valence-electron chi connectivity index (χ1n) is 11.3. The minimum atomic E-state index is -0.310. The monoisotopic (exact) mass is 446 g/mol. The SMILES string of the molecule is Cc1cc(Cc2ccccc2)cc([C@@H]2CN(C(=O)CCn3c(C)cc(C)nc3=O)CCO2)n1. The topological polar surface area (TPSA) is 77.3 Å². The van der Waals surface area contributed by atoms with E-state index >= 15 is 0 Å². The summed E-state index contributed by atoms with van der Waals surface area (Å²) in [7, 11) is 0. The maximum atomic E-state index is 12.9. The molecule has 0 radical (unpaired) electrons. The van der Waals surface area contributed by atoms with E-state index in [2.05, 4.69) is 29.2 Å². The zero-order chi connectivity index (χ0) is 23.4. The van der Waals surface area contributed by atoms with Gasteiger partial charge in [0.25, 0.3) is 0 Å². The van der Waals surface area contributed by atoms with E-state index in [-0.39, 0.29) is 24.1 Å². The van der Waals surface area contributed by atoms with Crippen molar-refractivity contribution in [3.63, 3.8) is 0 Å². The number of benzene rings is 1. The molecule has 7 heteroatoms. The number of aryl methyl sites for hydroxylation is 3. The van der Waals surface area contributed by atoms with Gasteiger partial charge in [-0.3, -0.25) is 14.3 Å². The molecule has 0 N–H and O–H groups in total. The van der Waals surface area contributed by atoms with E-state index in [1.54, 1.807) is 11.5 Å². The highest BCUT2D eigenvalue weighted by atomic mass is 16.5. The van der Waals surface area contributed by atoms with Gasteiger partial charge >= 0.3 is 5.69 Å². The van der Waals surface area contributed by atoms with Crippen LogP contribution < -0.4 is 5.69 Å². The third-order valence-corrected chi connectivity index (χ3v) is 5.93. The molecule has 1 saturated heterocycles. The lowest BCUT2D eigenvalue weighted by atomic mass is 10.0. The van der Waals surface area contributed by atoms with Crippen LogP contribution in [0.4, 0.5) is 0 Å². The molecule has 0 aliphatic carbocycles. The quantitative estimate of drug-likeness (QED) is 0.581. The fourth-order valence-electron chi connectivity index (χ4n) is 4.33. The molecular formula is C26H30N4O3. The van der Waals surface area contributed by atoms with Crippen LogP contribution in [0.15, 0.2) is 53.3 Å². The van der Waals surface area contributed by atoms with Gasteiger partial charge in [0.1, 0.15) is 6.10 Å². The van der Waals surface area contributed by atoms with Crippen molar-refractivity contribution in [1.82, 2.24) is 19.4 Å². The van der Waals surface area contributed by atoms with Gasteiger partial charge in [0, 0.05) is 36.6 Å². The van der Waals surface area contributed by atoms with E-state index in [4.69, 9.17) is 9.72 Å². The van der Waals surface area contributed by atoms with E-state index < -0.39 is 0 Å². The van der Waals surface area contributed by atoms with Crippen LogP contribution in [0, 0.1) is 20.8 Å². The number of carbonyl (C=O) groups is 1. The Morgan fingerprint density at radius 2 is 1.79 bits per heavy atom. The number of ether oxygens (including phenoxy) is 1. The normalized spacial score (nSPS) is 16.1. The lowest BCUT2D eigenvalue weighted by molar-refractivity contribution is -0.139. The van der Waals surface area contributed by atoms with Crippen LogP contribution in [-0.4, -0.2) is 45.0 Å². The standard InChI is InChI=1S/C26H30N4O3/c1-18-13-20(3)30(26(32)28-18)10-9-25(31)29-11-12-33-24(17-29)23-16-22(14-19(2)27-23)15-21-7-5-4-6-8-21/h4-8,13-14,16,24H,9-12,15,17H2,1-3H3/t24-/m0/s1. The Morgan fingerprint density at radius 3 is 2.55 bits per heavy atom. The summed E-state index contributed by atoms with van der Waals surface area (Å²) in [5.74, 6) is 0.00679. The fourth-order valence-corrected chi connectivity index (χ4v) is 4.33. The van der Waals surface area contributed by atoms with Gasteiger partial charge < -0.3 is 9.64 Å². The zero-order valence-corrected chi connectivity index (χ0v) is 19.5. The number of amides is 1. The van der Waals surface area contributed by atoms with Gasteiger partial charge in [-0.2, -0.15) is 4.98 Å². The summed E-state index contributed by atoms with van der Waals surface area (Å²) < 4.78 is 7.55. The summed E-state index contributed by atoms with van der Waals surface area (Å²) in [5, 5.41) is 0. The van der Waals surface area contributed by atoms with Crippen molar-refractivity contribution in [3.8, 4) is 0 Å². The number of carbonyl (C=O) groups excluding carboxylic acids is 1. The Morgan fingerprint density at radius 1 is 1.03 bits per heavy atom. The number of rotatable bonds is 6. The molecule has 3 aromatic rings. The van der Waals surface area contributed by atoms with Crippen molar-refractivity contribution in [2.45, 2.75) is 46.3 Å². The molecule has 1 aliphatic rings. The van der Waals surface area contributed by atoms with E-state index in [1.807, 2.05) is 43.0 Å². The summed E-state index contributed by atoms with van der Waals surface area (Å²) >= 11 is 0. The molecule has 0 saturated carbocycles. The second-order valence-corrected chi connectivity index (χ2v) is 8.63. The molecule has 7 nitrogen and oxygen atoms in total. The molecule has 1 atom stereocenters. The number of hydrogen-bond donors (Lipinski definition) is 0. The molecule has 172 valence electrons. The van der Waals surface area contributed by atoms with E-state index in [0.29, 0.717) is 31.9 Å². The first-order chi connectivity index (χ1) is 15.9.